The van der Waals surface area contributed by atoms with Gasteiger partial charge in [0.25, 0.3) is 0 Å². The Kier molecular flexibility index (Phi) is 6.45. The van der Waals surface area contributed by atoms with E-state index in [4.69, 9.17) is 4.43 Å². The minimum absolute atomic E-state index is 0.0924. The van der Waals surface area contributed by atoms with Gasteiger partial charge in [0.1, 0.15) is 6.29 Å². The normalized spacial score (nSPS) is 14.9. The fourth-order valence-corrected chi connectivity index (χ4v) is 5.35. The summed E-state index contributed by atoms with van der Waals surface area (Å²) in [5.74, 6) is -0.0982. The molecule has 2 nitrogen and oxygen atoms in total. The van der Waals surface area contributed by atoms with Crippen LogP contribution in [0.25, 0.3) is 0 Å². The molecule has 0 spiro atoms. The molecular formula is C16H26O2Si. The number of rotatable bonds is 8. The molecule has 0 aliphatic rings. The Hall–Kier alpha value is -0.933. The van der Waals surface area contributed by atoms with Crippen molar-refractivity contribution in [1.29, 1.82) is 0 Å². The molecule has 106 valence electrons. The number of carbonyl (C=O) groups is 1. The van der Waals surface area contributed by atoms with Gasteiger partial charge in [0.15, 0.2) is 8.32 Å². The van der Waals surface area contributed by atoms with Crippen molar-refractivity contribution in [2.24, 2.45) is 5.92 Å². The first-order valence-corrected chi connectivity index (χ1v) is 9.83. The maximum atomic E-state index is 11.2. The summed E-state index contributed by atoms with van der Waals surface area (Å²) in [7, 11) is -1.70. The second kappa shape index (κ2) is 7.61. The van der Waals surface area contributed by atoms with Gasteiger partial charge in [-0.05, 0) is 23.7 Å². The molecule has 0 radical (unpaired) electrons. The molecular weight excluding hydrogens is 252 g/mol. The van der Waals surface area contributed by atoms with Crippen molar-refractivity contribution < 1.29 is 9.22 Å². The molecule has 0 saturated carbocycles. The van der Waals surface area contributed by atoms with Crippen LogP contribution in [0.2, 0.25) is 18.1 Å². The van der Waals surface area contributed by atoms with E-state index in [2.05, 4.69) is 32.9 Å². The lowest BCUT2D eigenvalue weighted by Crippen LogP contribution is -2.39. The molecule has 0 aliphatic heterocycles. The highest BCUT2D eigenvalue weighted by molar-refractivity contribution is 6.73. The van der Waals surface area contributed by atoms with Crippen LogP contribution in [0.3, 0.4) is 0 Å². The van der Waals surface area contributed by atoms with Crippen LogP contribution in [0.1, 0.15) is 39.4 Å². The van der Waals surface area contributed by atoms with Gasteiger partial charge < -0.3 is 9.22 Å². The molecule has 0 unspecified atom stereocenters. The van der Waals surface area contributed by atoms with Gasteiger partial charge in [-0.25, -0.2) is 0 Å². The Morgan fingerprint density at radius 1 is 1.11 bits per heavy atom. The van der Waals surface area contributed by atoms with Crippen LogP contribution in [0.4, 0.5) is 0 Å². The van der Waals surface area contributed by atoms with E-state index in [0.717, 1.165) is 30.0 Å². The van der Waals surface area contributed by atoms with E-state index in [1.807, 2.05) is 25.1 Å². The van der Waals surface area contributed by atoms with E-state index in [-0.39, 0.29) is 12.0 Å². The monoisotopic (exact) mass is 278 g/mol. The van der Waals surface area contributed by atoms with Gasteiger partial charge in [0, 0.05) is 5.92 Å². The Labute approximate surface area is 118 Å². The highest BCUT2D eigenvalue weighted by Crippen LogP contribution is 2.33. The summed E-state index contributed by atoms with van der Waals surface area (Å²) in [4.78, 5) is 11.2. The van der Waals surface area contributed by atoms with E-state index in [0.29, 0.717) is 0 Å². The lowest BCUT2D eigenvalue weighted by atomic mass is 9.99. The average molecular weight is 278 g/mol. The summed E-state index contributed by atoms with van der Waals surface area (Å²) in [5.41, 5.74) is 1.12. The molecule has 2 atom stereocenters. The van der Waals surface area contributed by atoms with Crippen LogP contribution in [0, 0.1) is 5.92 Å². The number of hydrogen-bond donors (Lipinski definition) is 0. The predicted molar refractivity (Wildman–Crippen MR) is 82.7 cm³/mol. The summed E-state index contributed by atoms with van der Waals surface area (Å²) in [6, 6.07) is 13.5. The third-order valence-electron chi connectivity index (χ3n) is 4.13. The SMILES string of the molecule is CC[Si](CC)(CC)O[C@@H](c1ccccc1)[C@@H](C)C=O. The van der Waals surface area contributed by atoms with Crippen LogP contribution in [0.15, 0.2) is 30.3 Å². The first kappa shape index (κ1) is 16.1. The maximum Gasteiger partial charge on any atom is 0.192 e. The molecule has 0 fully saturated rings. The third-order valence-corrected chi connectivity index (χ3v) is 8.75. The van der Waals surface area contributed by atoms with Crippen LogP contribution < -0.4 is 0 Å². The van der Waals surface area contributed by atoms with E-state index in [9.17, 15) is 4.79 Å². The quantitative estimate of drug-likeness (QED) is 0.514. The van der Waals surface area contributed by atoms with Gasteiger partial charge in [-0.1, -0.05) is 58.0 Å². The summed E-state index contributed by atoms with van der Waals surface area (Å²) in [6.45, 7) is 8.59. The van der Waals surface area contributed by atoms with Crippen LogP contribution in [-0.2, 0) is 9.22 Å². The molecule has 0 N–H and O–H groups in total. The van der Waals surface area contributed by atoms with Gasteiger partial charge in [-0.2, -0.15) is 0 Å². The molecule has 0 aromatic heterocycles. The first-order chi connectivity index (χ1) is 9.12. The largest absolute Gasteiger partial charge is 0.409 e. The highest BCUT2D eigenvalue weighted by atomic mass is 28.4. The van der Waals surface area contributed by atoms with Crippen LogP contribution in [0.5, 0.6) is 0 Å². The van der Waals surface area contributed by atoms with Crippen LogP contribution >= 0.6 is 0 Å². The minimum atomic E-state index is -1.70. The summed E-state index contributed by atoms with van der Waals surface area (Å²) in [6.07, 6.45) is 0.919. The minimum Gasteiger partial charge on any atom is -0.409 e. The lowest BCUT2D eigenvalue weighted by Gasteiger charge is -2.35. The molecule has 1 aromatic rings. The fourth-order valence-electron chi connectivity index (χ4n) is 2.46. The van der Waals surface area contributed by atoms with Crippen molar-refractivity contribution in [3.8, 4) is 0 Å². The van der Waals surface area contributed by atoms with E-state index in [1.54, 1.807) is 0 Å². The first-order valence-electron chi connectivity index (χ1n) is 7.30. The Morgan fingerprint density at radius 2 is 1.63 bits per heavy atom. The fraction of sp³-hybridized carbons (Fsp3) is 0.562. The standard InChI is InChI=1S/C16H26O2Si/c1-5-19(6-2,7-3)18-16(14(4)13-17)15-11-9-8-10-12-15/h8-14,16H,5-7H2,1-4H3/t14-,16+/m0/s1. The molecule has 0 bridgehead atoms. The lowest BCUT2D eigenvalue weighted by molar-refractivity contribution is -0.113. The number of benzene rings is 1. The van der Waals surface area contributed by atoms with Gasteiger partial charge in [-0.15, -0.1) is 0 Å². The molecule has 19 heavy (non-hydrogen) atoms. The van der Waals surface area contributed by atoms with Crippen molar-refractivity contribution in [3.63, 3.8) is 0 Å². The van der Waals surface area contributed by atoms with Gasteiger partial charge >= 0.3 is 0 Å². The van der Waals surface area contributed by atoms with Crippen molar-refractivity contribution >= 4 is 14.6 Å². The number of aldehydes is 1. The van der Waals surface area contributed by atoms with Crippen molar-refractivity contribution in [3.05, 3.63) is 35.9 Å². The Balaban J connectivity index is 3.02. The molecule has 1 rings (SSSR count). The molecule has 0 saturated heterocycles. The summed E-state index contributed by atoms with van der Waals surface area (Å²) >= 11 is 0. The van der Waals surface area contributed by atoms with Gasteiger partial charge in [-0.3, -0.25) is 0 Å². The van der Waals surface area contributed by atoms with Gasteiger partial charge in [0.2, 0.25) is 0 Å². The van der Waals surface area contributed by atoms with E-state index in [1.165, 1.54) is 0 Å². The molecule has 1 aromatic carbocycles. The second-order valence-corrected chi connectivity index (χ2v) is 9.91. The smallest absolute Gasteiger partial charge is 0.192 e. The van der Waals surface area contributed by atoms with Crippen molar-refractivity contribution in [2.45, 2.75) is 51.9 Å². The topological polar surface area (TPSA) is 26.3 Å². The number of hydrogen-bond acceptors (Lipinski definition) is 2. The zero-order valence-corrected chi connectivity index (χ0v) is 13.6. The summed E-state index contributed by atoms with van der Waals surface area (Å²) < 4.78 is 6.53. The van der Waals surface area contributed by atoms with E-state index < -0.39 is 8.32 Å². The van der Waals surface area contributed by atoms with Crippen molar-refractivity contribution in [2.75, 3.05) is 0 Å². The zero-order chi connectivity index (χ0) is 14.3. The third kappa shape index (κ3) is 4.01. The van der Waals surface area contributed by atoms with Crippen LogP contribution in [-0.4, -0.2) is 14.6 Å². The second-order valence-electron chi connectivity index (χ2n) is 5.19. The number of carbonyl (C=O) groups excluding carboxylic acids is 1. The van der Waals surface area contributed by atoms with Gasteiger partial charge in [0.05, 0.1) is 6.10 Å². The Morgan fingerprint density at radius 3 is 2.05 bits per heavy atom. The van der Waals surface area contributed by atoms with Crippen molar-refractivity contribution in [1.82, 2.24) is 0 Å². The summed E-state index contributed by atoms with van der Waals surface area (Å²) in [5, 5.41) is 0. The maximum absolute atomic E-state index is 11.2. The Bertz CT molecular complexity index is 365. The highest BCUT2D eigenvalue weighted by Gasteiger charge is 2.34. The molecule has 3 heteroatoms. The zero-order valence-electron chi connectivity index (χ0n) is 12.6. The average Bonchev–Trinajstić information content (AvgIpc) is 2.49. The molecule has 0 heterocycles. The molecule has 0 amide bonds. The van der Waals surface area contributed by atoms with E-state index >= 15 is 0 Å². The predicted octanol–water partition coefficient (Wildman–Crippen LogP) is 4.58. The molecule has 0 aliphatic carbocycles.